The monoisotopic (exact) mass is 432 g/mol. The number of alkyl halides is 3. The number of rotatable bonds is 3. The van der Waals surface area contributed by atoms with Gasteiger partial charge in [0.15, 0.2) is 11.6 Å². The molecule has 0 N–H and O–H groups in total. The van der Waals surface area contributed by atoms with Gasteiger partial charge in [-0.1, -0.05) is 5.16 Å². The highest BCUT2D eigenvalue weighted by Crippen LogP contribution is 2.39. The third-order valence-electron chi connectivity index (χ3n) is 5.21. The van der Waals surface area contributed by atoms with E-state index in [1.54, 1.807) is 13.8 Å². The van der Waals surface area contributed by atoms with Crippen molar-refractivity contribution in [2.45, 2.75) is 45.1 Å². The third-order valence-corrected chi connectivity index (χ3v) is 5.21. The molecule has 0 aliphatic carbocycles. The van der Waals surface area contributed by atoms with Crippen LogP contribution in [0.4, 0.5) is 29.3 Å². The molecule has 1 fully saturated rings. The van der Waals surface area contributed by atoms with Crippen LogP contribution in [0.1, 0.15) is 31.1 Å². The van der Waals surface area contributed by atoms with Crippen molar-refractivity contribution >= 4 is 11.8 Å². The van der Waals surface area contributed by atoms with E-state index in [9.17, 15) is 22.4 Å². The molecular weight excluding hydrogens is 412 g/mol. The molecule has 30 heavy (non-hydrogen) atoms. The summed E-state index contributed by atoms with van der Waals surface area (Å²) in [5, 5.41) is 3.75. The molecule has 0 bridgehead atoms. The Morgan fingerprint density at radius 1 is 1.23 bits per heavy atom. The van der Waals surface area contributed by atoms with Crippen LogP contribution in [0.3, 0.4) is 0 Å². The summed E-state index contributed by atoms with van der Waals surface area (Å²) in [5.41, 5.74) is -1.36. The van der Waals surface area contributed by atoms with Gasteiger partial charge in [-0.05, 0) is 13.3 Å². The van der Waals surface area contributed by atoms with E-state index in [4.69, 9.17) is 9.26 Å². The second kappa shape index (κ2) is 7.52. The van der Waals surface area contributed by atoms with Crippen LogP contribution in [-0.2, 0) is 11.3 Å². The van der Waals surface area contributed by atoms with Crippen molar-refractivity contribution in [3.8, 4) is 0 Å². The third kappa shape index (κ3) is 3.61. The number of anilines is 2. The Kier molecular flexibility index (Phi) is 5.16. The molecule has 0 aromatic carbocycles. The Bertz CT molecular complexity index is 991. The lowest BCUT2D eigenvalue weighted by Gasteiger charge is -2.38. The molecule has 4 rings (SSSR count). The molecule has 2 aliphatic rings. The summed E-state index contributed by atoms with van der Waals surface area (Å²) in [5.74, 6) is -1.34. The predicted molar refractivity (Wildman–Crippen MR) is 95.9 cm³/mol. The van der Waals surface area contributed by atoms with Gasteiger partial charge in [0.1, 0.15) is 6.04 Å². The fourth-order valence-electron chi connectivity index (χ4n) is 3.77. The van der Waals surface area contributed by atoms with Crippen molar-refractivity contribution in [1.29, 1.82) is 0 Å². The number of nitrogens with zero attached hydrogens (tertiary/aromatic N) is 6. The summed E-state index contributed by atoms with van der Waals surface area (Å²) in [6.45, 7) is 4.09. The normalized spacial score (nSPS) is 22.3. The summed E-state index contributed by atoms with van der Waals surface area (Å²) in [4.78, 5) is 24.0. The van der Waals surface area contributed by atoms with E-state index in [0.717, 1.165) is 0 Å². The number of halogens is 4. The zero-order valence-corrected chi connectivity index (χ0v) is 16.3. The van der Waals surface area contributed by atoms with E-state index in [1.807, 2.05) is 0 Å². The number of ether oxygens (including phenoxy) is 1. The van der Waals surface area contributed by atoms with Crippen LogP contribution in [0.2, 0.25) is 0 Å². The predicted octanol–water partition coefficient (Wildman–Crippen LogP) is 1.81. The first-order valence-electron chi connectivity index (χ1n) is 9.44. The molecule has 2 aromatic heterocycles. The van der Waals surface area contributed by atoms with E-state index in [0.29, 0.717) is 17.1 Å². The first-order valence-corrected chi connectivity index (χ1v) is 9.44. The molecule has 13 heteroatoms. The molecular formula is C17H20F4N6O3. The maximum Gasteiger partial charge on any atom is 0.409 e. The minimum Gasteiger partial charge on any atom is -0.377 e. The SMILES string of the molecule is Cc1nc(CN2CCC(C(F)(F)F)n3c2nc(N2CCOC[C@H]2C)c(F)c3=O)no1. The second-order valence-electron chi connectivity index (χ2n) is 7.34. The van der Waals surface area contributed by atoms with Gasteiger partial charge in [-0.2, -0.15) is 27.5 Å². The molecule has 0 saturated carbocycles. The van der Waals surface area contributed by atoms with Crippen molar-refractivity contribution in [2.24, 2.45) is 0 Å². The van der Waals surface area contributed by atoms with Gasteiger partial charge in [-0.15, -0.1) is 0 Å². The average molecular weight is 432 g/mol. The van der Waals surface area contributed by atoms with Crippen LogP contribution >= 0.6 is 0 Å². The van der Waals surface area contributed by atoms with Crippen LogP contribution < -0.4 is 15.4 Å². The number of hydrogen-bond donors (Lipinski definition) is 0. The summed E-state index contributed by atoms with van der Waals surface area (Å²) in [7, 11) is 0. The van der Waals surface area contributed by atoms with Gasteiger partial charge in [-0.25, -0.2) is 0 Å². The van der Waals surface area contributed by atoms with Gasteiger partial charge < -0.3 is 19.1 Å². The Balaban J connectivity index is 1.83. The van der Waals surface area contributed by atoms with E-state index in [-0.39, 0.29) is 49.9 Å². The molecule has 0 radical (unpaired) electrons. The van der Waals surface area contributed by atoms with Gasteiger partial charge >= 0.3 is 6.18 Å². The molecule has 0 spiro atoms. The Morgan fingerprint density at radius 2 is 2.00 bits per heavy atom. The summed E-state index contributed by atoms with van der Waals surface area (Å²) in [6, 6.07) is -2.46. The fraction of sp³-hybridized carbons (Fsp3) is 0.647. The second-order valence-corrected chi connectivity index (χ2v) is 7.34. The first kappa shape index (κ1) is 20.6. The number of hydrogen-bond acceptors (Lipinski definition) is 8. The lowest BCUT2D eigenvalue weighted by Crippen LogP contribution is -2.49. The van der Waals surface area contributed by atoms with Crippen LogP contribution in [0, 0.1) is 12.7 Å². The number of morpholine rings is 1. The summed E-state index contributed by atoms with van der Waals surface area (Å²) >= 11 is 0. The smallest absolute Gasteiger partial charge is 0.377 e. The van der Waals surface area contributed by atoms with Crippen LogP contribution in [0.15, 0.2) is 9.32 Å². The number of fused-ring (bicyclic) bond motifs is 1. The lowest BCUT2D eigenvalue weighted by molar-refractivity contribution is -0.171. The highest BCUT2D eigenvalue weighted by molar-refractivity contribution is 5.48. The van der Waals surface area contributed by atoms with Gasteiger partial charge in [-0.3, -0.25) is 9.36 Å². The summed E-state index contributed by atoms with van der Waals surface area (Å²) in [6.07, 6.45) is -5.16. The topological polar surface area (TPSA) is 89.5 Å². The van der Waals surface area contributed by atoms with Crippen LogP contribution in [0.5, 0.6) is 0 Å². The first-order chi connectivity index (χ1) is 14.2. The van der Waals surface area contributed by atoms with Crippen molar-refractivity contribution in [3.05, 3.63) is 27.9 Å². The lowest BCUT2D eigenvalue weighted by atomic mass is 10.1. The number of aromatic nitrogens is 4. The van der Waals surface area contributed by atoms with E-state index in [1.165, 1.54) is 9.80 Å². The van der Waals surface area contributed by atoms with Gasteiger partial charge in [0, 0.05) is 20.0 Å². The van der Waals surface area contributed by atoms with Crippen LogP contribution in [-0.4, -0.2) is 58.2 Å². The molecule has 4 heterocycles. The molecule has 2 aromatic rings. The summed E-state index contributed by atoms with van der Waals surface area (Å²) < 4.78 is 66.4. The fourth-order valence-corrected chi connectivity index (χ4v) is 3.77. The molecule has 1 saturated heterocycles. The standard InChI is InChI=1S/C17H20F4N6O3/c1-9-8-29-6-5-26(9)14-13(18)15(28)27-11(17(19,20)21)3-4-25(16(27)23-14)7-12-22-10(2)30-24-12/h9,11H,3-8H2,1-2H3/t9-,11?/m1/s1. The van der Waals surface area contributed by atoms with E-state index < -0.39 is 30.0 Å². The van der Waals surface area contributed by atoms with Crippen molar-refractivity contribution < 1.29 is 26.8 Å². The minimum atomic E-state index is -4.73. The maximum atomic E-state index is 15.0. The van der Waals surface area contributed by atoms with Crippen LogP contribution in [0.25, 0.3) is 0 Å². The molecule has 1 unspecified atom stereocenters. The minimum absolute atomic E-state index is 0.0297. The molecule has 2 aliphatic heterocycles. The highest BCUT2D eigenvalue weighted by Gasteiger charge is 2.46. The quantitative estimate of drug-likeness (QED) is 0.679. The zero-order chi connectivity index (χ0) is 21.6. The Hall–Kier alpha value is -2.70. The van der Waals surface area contributed by atoms with Crippen molar-refractivity contribution in [2.75, 3.05) is 36.1 Å². The van der Waals surface area contributed by atoms with E-state index >= 15 is 0 Å². The number of aryl methyl sites for hydroxylation is 1. The Morgan fingerprint density at radius 3 is 2.63 bits per heavy atom. The highest BCUT2D eigenvalue weighted by atomic mass is 19.4. The van der Waals surface area contributed by atoms with Gasteiger partial charge in [0.05, 0.1) is 25.8 Å². The molecule has 0 amide bonds. The van der Waals surface area contributed by atoms with Crippen molar-refractivity contribution in [3.63, 3.8) is 0 Å². The maximum absolute atomic E-state index is 15.0. The van der Waals surface area contributed by atoms with Gasteiger partial charge in [0.25, 0.3) is 5.56 Å². The molecule has 2 atom stereocenters. The van der Waals surface area contributed by atoms with Gasteiger partial charge in [0.2, 0.25) is 17.7 Å². The average Bonchev–Trinajstić information content (AvgIpc) is 3.09. The molecule has 9 nitrogen and oxygen atoms in total. The molecule has 164 valence electrons. The zero-order valence-electron chi connectivity index (χ0n) is 16.3. The van der Waals surface area contributed by atoms with E-state index in [2.05, 4.69) is 15.1 Å². The Labute approximate surface area is 168 Å². The largest absolute Gasteiger partial charge is 0.409 e. The van der Waals surface area contributed by atoms with Crippen molar-refractivity contribution in [1.82, 2.24) is 19.7 Å².